The molecule has 29 heavy (non-hydrogen) atoms. The first-order valence-electron chi connectivity index (χ1n) is 10.0. The van der Waals surface area contributed by atoms with Gasteiger partial charge in [-0.15, -0.1) is 0 Å². The minimum Gasteiger partial charge on any atom is -0.484 e. The van der Waals surface area contributed by atoms with Crippen molar-refractivity contribution in [2.24, 2.45) is 0 Å². The van der Waals surface area contributed by atoms with Crippen LogP contribution < -0.4 is 10.1 Å². The third kappa shape index (κ3) is 6.32. The van der Waals surface area contributed by atoms with Crippen molar-refractivity contribution in [3.63, 3.8) is 0 Å². The van der Waals surface area contributed by atoms with Crippen LogP contribution in [-0.4, -0.2) is 35.4 Å². The van der Waals surface area contributed by atoms with E-state index in [4.69, 9.17) is 4.74 Å². The van der Waals surface area contributed by atoms with E-state index in [2.05, 4.69) is 21.2 Å². The first-order valence-corrected chi connectivity index (χ1v) is 10.8. The molecule has 0 spiro atoms. The lowest BCUT2D eigenvalue weighted by molar-refractivity contribution is -0.142. The minimum absolute atomic E-state index is 0.111. The third-order valence-electron chi connectivity index (χ3n) is 5.22. The molecule has 1 aliphatic rings. The highest BCUT2D eigenvalue weighted by atomic mass is 79.9. The van der Waals surface area contributed by atoms with Gasteiger partial charge in [0.25, 0.3) is 5.91 Å². The average Bonchev–Trinajstić information content (AvgIpc) is 3.23. The first kappa shape index (κ1) is 21.4. The zero-order chi connectivity index (χ0) is 20.6. The molecule has 0 radical (unpaired) electrons. The highest BCUT2D eigenvalue weighted by Crippen LogP contribution is 2.19. The van der Waals surface area contributed by atoms with Crippen LogP contribution in [0.1, 0.15) is 38.2 Å². The summed E-state index contributed by atoms with van der Waals surface area (Å²) in [6.07, 6.45) is 4.31. The predicted molar refractivity (Wildman–Crippen MR) is 116 cm³/mol. The van der Waals surface area contributed by atoms with Gasteiger partial charge in [0, 0.05) is 17.1 Å². The Morgan fingerprint density at radius 1 is 1.14 bits per heavy atom. The van der Waals surface area contributed by atoms with E-state index in [1.54, 1.807) is 11.8 Å². The molecule has 1 fully saturated rings. The molecule has 0 aliphatic heterocycles. The van der Waals surface area contributed by atoms with E-state index in [0.717, 1.165) is 35.7 Å². The number of hydrogen-bond acceptors (Lipinski definition) is 3. The molecule has 2 aromatic rings. The third-order valence-corrected chi connectivity index (χ3v) is 5.71. The second kappa shape index (κ2) is 10.4. The van der Waals surface area contributed by atoms with Crippen molar-refractivity contribution in [3.8, 4) is 5.75 Å². The summed E-state index contributed by atoms with van der Waals surface area (Å²) in [5, 5.41) is 3.10. The molecule has 154 valence electrons. The van der Waals surface area contributed by atoms with Crippen molar-refractivity contribution in [1.82, 2.24) is 10.2 Å². The zero-order valence-corrected chi connectivity index (χ0v) is 18.2. The number of amides is 2. The Bertz CT molecular complexity index is 822. The number of hydrogen-bond donors (Lipinski definition) is 1. The molecule has 1 saturated carbocycles. The standard InChI is InChI=1S/C23H27BrN2O3/c1-17(23(28)25-20-10-5-6-11-20)26(15-18-8-7-9-19(24)14-18)22(27)16-29-21-12-3-2-4-13-21/h2-4,7-9,12-14,17,20H,5-6,10-11,15-16H2,1H3,(H,25,28). The van der Waals surface area contributed by atoms with Gasteiger partial charge >= 0.3 is 0 Å². The van der Waals surface area contributed by atoms with Gasteiger partial charge in [-0.1, -0.05) is 59.1 Å². The zero-order valence-electron chi connectivity index (χ0n) is 16.6. The fourth-order valence-corrected chi connectivity index (χ4v) is 4.00. The summed E-state index contributed by atoms with van der Waals surface area (Å²) >= 11 is 3.47. The Morgan fingerprint density at radius 3 is 2.55 bits per heavy atom. The minimum atomic E-state index is -0.582. The summed E-state index contributed by atoms with van der Waals surface area (Å²) in [5.74, 6) is 0.300. The van der Waals surface area contributed by atoms with Crippen LogP contribution in [0.5, 0.6) is 5.75 Å². The van der Waals surface area contributed by atoms with E-state index in [1.807, 2.05) is 54.6 Å². The van der Waals surface area contributed by atoms with E-state index in [0.29, 0.717) is 12.3 Å². The number of halogens is 1. The van der Waals surface area contributed by atoms with E-state index >= 15 is 0 Å². The molecule has 3 rings (SSSR count). The van der Waals surface area contributed by atoms with Crippen LogP contribution in [0.15, 0.2) is 59.1 Å². The second-order valence-corrected chi connectivity index (χ2v) is 8.33. The van der Waals surface area contributed by atoms with E-state index < -0.39 is 6.04 Å². The topological polar surface area (TPSA) is 58.6 Å². The molecule has 6 heteroatoms. The molecular formula is C23H27BrN2O3. The maximum Gasteiger partial charge on any atom is 0.261 e. The van der Waals surface area contributed by atoms with Crippen molar-refractivity contribution in [1.29, 1.82) is 0 Å². The monoisotopic (exact) mass is 458 g/mol. The first-order chi connectivity index (χ1) is 14.0. The molecule has 0 aromatic heterocycles. The summed E-state index contributed by atoms with van der Waals surface area (Å²) in [5.41, 5.74) is 0.952. The SMILES string of the molecule is CC(C(=O)NC1CCCC1)N(Cc1cccc(Br)c1)C(=O)COc1ccccc1. The normalized spacial score (nSPS) is 15.0. The molecule has 1 atom stereocenters. The Hall–Kier alpha value is -2.34. The highest BCUT2D eigenvalue weighted by molar-refractivity contribution is 9.10. The molecule has 1 unspecified atom stereocenters. The maximum absolute atomic E-state index is 13.0. The Balaban J connectivity index is 1.70. The van der Waals surface area contributed by atoms with Crippen LogP contribution in [0, 0.1) is 0 Å². The van der Waals surface area contributed by atoms with Gasteiger partial charge in [0.2, 0.25) is 5.91 Å². The van der Waals surface area contributed by atoms with E-state index in [1.165, 1.54) is 0 Å². The van der Waals surface area contributed by atoms with Gasteiger partial charge in [-0.05, 0) is 49.6 Å². The quantitative estimate of drug-likeness (QED) is 0.641. The van der Waals surface area contributed by atoms with Crippen molar-refractivity contribution in [2.45, 2.75) is 51.2 Å². The second-order valence-electron chi connectivity index (χ2n) is 7.42. The lowest BCUT2D eigenvalue weighted by atomic mass is 10.1. The van der Waals surface area contributed by atoms with E-state index in [-0.39, 0.29) is 24.5 Å². The van der Waals surface area contributed by atoms with Gasteiger partial charge in [0.15, 0.2) is 6.61 Å². The van der Waals surface area contributed by atoms with Crippen LogP contribution >= 0.6 is 15.9 Å². The van der Waals surface area contributed by atoms with Crippen molar-refractivity contribution in [3.05, 3.63) is 64.6 Å². The van der Waals surface area contributed by atoms with E-state index in [9.17, 15) is 9.59 Å². The van der Waals surface area contributed by atoms with Crippen LogP contribution in [0.4, 0.5) is 0 Å². The fourth-order valence-electron chi connectivity index (χ4n) is 3.55. The lowest BCUT2D eigenvalue weighted by Gasteiger charge is -2.29. The molecule has 5 nitrogen and oxygen atoms in total. The van der Waals surface area contributed by atoms with Gasteiger partial charge < -0.3 is 15.0 Å². The molecule has 2 amide bonds. The molecule has 1 aliphatic carbocycles. The van der Waals surface area contributed by atoms with Crippen molar-refractivity contribution in [2.75, 3.05) is 6.61 Å². The lowest BCUT2D eigenvalue weighted by Crippen LogP contribution is -2.50. The molecule has 0 saturated heterocycles. The molecule has 2 aromatic carbocycles. The molecule has 0 bridgehead atoms. The number of nitrogens with one attached hydrogen (secondary N) is 1. The van der Waals surface area contributed by atoms with Gasteiger partial charge in [-0.2, -0.15) is 0 Å². The largest absolute Gasteiger partial charge is 0.484 e. The number of benzene rings is 2. The van der Waals surface area contributed by atoms with Crippen molar-refractivity contribution < 1.29 is 14.3 Å². The van der Waals surface area contributed by atoms with Gasteiger partial charge in [0.05, 0.1) is 0 Å². The summed E-state index contributed by atoms with van der Waals surface area (Å²) in [6.45, 7) is 2.01. The van der Waals surface area contributed by atoms with Gasteiger partial charge in [-0.3, -0.25) is 9.59 Å². The maximum atomic E-state index is 13.0. The van der Waals surface area contributed by atoms with Crippen LogP contribution in [0.3, 0.4) is 0 Å². The summed E-state index contributed by atoms with van der Waals surface area (Å²) in [6, 6.07) is 16.6. The number of carbonyl (C=O) groups excluding carboxylic acids is 2. The molecule has 1 N–H and O–H groups in total. The van der Waals surface area contributed by atoms with Crippen LogP contribution in [0.25, 0.3) is 0 Å². The number of para-hydroxylation sites is 1. The highest BCUT2D eigenvalue weighted by Gasteiger charge is 2.28. The number of carbonyl (C=O) groups is 2. The fraction of sp³-hybridized carbons (Fsp3) is 0.391. The number of rotatable bonds is 8. The number of nitrogens with zero attached hydrogens (tertiary/aromatic N) is 1. The van der Waals surface area contributed by atoms with Gasteiger partial charge in [0.1, 0.15) is 11.8 Å². The van der Waals surface area contributed by atoms with Gasteiger partial charge in [-0.25, -0.2) is 0 Å². The Morgan fingerprint density at radius 2 is 1.86 bits per heavy atom. The summed E-state index contributed by atoms with van der Waals surface area (Å²) in [7, 11) is 0. The Labute approximate surface area is 180 Å². The Kier molecular flexibility index (Phi) is 7.69. The summed E-state index contributed by atoms with van der Waals surface area (Å²) < 4.78 is 6.58. The predicted octanol–water partition coefficient (Wildman–Crippen LogP) is 4.30. The number of ether oxygens (including phenoxy) is 1. The summed E-state index contributed by atoms with van der Waals surface area (Å²) in [4.78, 5) is 27.4. The van der Waals surface area contributed by atoms with Crippen molar-refractivity contribution >= 4 is 27.7 Å². The molecular weight excluding hydrogens is 432 g/mol. The smallest absolute Gasteiger partial charge is 0.261 e. The molecule has 0 heterocycles. The van der Waals surface area contributed by atoms with Crippen LogP contribution in [0.2, 0.25) is 0 Å². The average molecular weight is 459 g/mol. The van der Waals surface area contributed by atoms with Crippen LogP contribution in [-0.2, 0) is 16.1 Å².